The minimum Gasteiger partial charge on any atom is -0.370 e. The molecule has 0 aliphatic heterocycles. The average molecular weight is 284 g/mol. The van der Waals surface area contributed by atoms with Gasteiger partial charge in [-0.3, -0.25) is 0 Å². The van der Waals surface area contributed by atoms with Crippen LogP contribution in [-0.4, -0.2) is 21.5 Å². The normalized spacial score (nSPS) is 10.9. The second-order valence-corrected chi connectivity index (χ2v) is 5.76. The lowest BCUT2D eigenvalue weighted by Gasteiger charge is -2.11. The monoisotopic (exact) mass is 284 g/mol. The van der Waals surface area contributed by atoms with Gasteiger partial charge in [-0.2, -0.15) is 0 Å². The van der Waals surface area contributed by atoms with E-state index in [-0.39, 0.29) is 0 Å². The van der Waals surface area contributed by atoms with Crippen LogP contribution in [0.15, 0.2) is 24.3 Å². The predicted octanol–water partition coefficient (Wildman–Crippen LogP) is 3.87. The zero-order chi connectivity index (χ0) is 15.2. The standard InChI is InChI=1S/C17H24N4/c1-5-9-18-16-11-14(10-12(2)3)20-17(21-16)15-8-6-7-13(4)19-15/h6-8,11-12H,5,9-10H2,1-4H3,(H,18,20,21). The van der Waals surface area contributed by atoms with Gasteiger partial charge in [0.15, 0.2) is 5.82 Å². The first-order valence-electron chi connectivity index (χ1n) is 7.64. The van der Waals surface area contributed by atoms with Crippen molar-refractivity contribution in [1.29, 1.82) is 0 Å². The Kier molecular flexibility index (Phi) is 5.26. The third-order valence-corrected chi connectivity index (χ3v) is 3.07. The van der Waals surface area contributed by atoms with Gasteiger partial charge >= 0.3 is 0 Å². The molecule has 0 saturated carbocycles. The van der Waals surface area contributed by atoms with Crippen LogP contribution in [-0.2, 0) is 6.42 Å². The number of aryl methyl sites for hydroxylation is 1. The van der Waals surface area contributed by atoms with Gasteiger partial charge in [0.25, 0.3) is 0 Å². The molecule has 21 heavy (non-hydrogen) atoms. The third kappa shape index (κ3) is 4.52. The molecule has 112 valence electrons. The summed E-state index contributed by atoms with van der Waals surface area (Å²) in [4.78, 5) is 13.8. The van der Waals surface area contributed by atoms with E-state index in [0.29, 0.717) is 11.7 Å². The van der Waals surface area contributed by atoms with Gasteiger partial charge in [-0.15, -0.1) is 0 Å². The molecule has 0 unspecified atom stereocenters. The van der Waals surface area contributed by atoms with E-state index in [9.17, 15) is 0 Å². The van der Waals surface area contributed by atoms with Crippen LogP contribution in [0.4, 0.5) is 5.82 Å². The maximum atomic E-state index is 4.68. The van der Waals surface area contributed by atoms with Crippen molar-refractivity contribution in [3.8, 4) is 11.5 Å². The van der Waals surface area contributed by atoms with E-state index in [4.69, 9.17) is 0 Å². The Morgan fingerprint density at radius 3 is 2.62 bits per heavy atom. The second kappa shape index (κ2) is 7.16. The first-order chi connectivity index (χ1) is 10.1. The highest BCUT2D eigenvalue weighted by molar-refractivity contribution is 5.53. The minimum absolute atomic E-state index is 0.567. The molecular formula is C17H24N4. The average Bonchev–Trinajstić information content (AvgIpc) is 2.44. The Morgan fingerprint density at radius 2 is 1.95 bits per heavy atom. The van der Waals surface area contributed by atoms with E-state index >= 15 is 0 Å². The summed E-state index contributed by atoms with van der Waals surface area (Å²) in [6.07, 6.45) is 2.02. The lowest BCUT2D eigenvalue weighted by Crippen LogP contribution is -2.07. The Bertz CT molecular complexity index is 593. The first kappa shape index (κ1) is 15.4. The molecule has 0 aromatic carbocycles. The smallest absolute Gasteiger partial charge is 0.180 e. The first-order valence-corrected chi connectivity index (χ1v) is 7.64. The van der Waals surface area contributed by atoms with Crippen LogP contribution >= 0.6 is 0 Å². The summed E-state index contributed by atoms with van der Waals surface area (Å²) in [7, 11) is 0. The van der Waals surface area contributed by atoms with Crippen molar-refractivity contribution in [2.75, 3.05) is 11.9 Å². The van der Waals surface area contributed by atoms with Crippen molar-refractivity contribution < 1.29 is 0 Å². The van der Waals surface area contributed by atoms with Crippen LogP contribution in [0.25, 0.3) is 11.5 Å². The number of hydrogen-bond donors (Lipinski definition) is 1. The second-order valence-electron chi connectivity index (χ2n) is 5.76. The maximum Gasteiger partial charge on any atom is 0.180 e. The molecule has 0 bridgehead atoms. The molecule has 0 aliphatic rings. The number of anilines is 1. The van der Waals surface area contributed by atoms with Crippen molar-refractivity contribution in [3.63, 3.8) is 0 Å². The predicted molar refractivity (Wildman–Crippen MR) is 87.3 cm³/mol. The molecule has 4 nitrogen and oxygen atoms in total. The van der Waals surface area contributed by atoms with Gasteiger partial charge in [0, 0.05) is 24.0 Å². The third-order valence-electron chi connectivity index (χ3n) is 3.07. The van der Waals surface area contributed by atoms with Gasteiger partial charge in [-0.05, 0) is 37.8 Å². The van der Waals surface area contributed by atoms with E-state index < -0.39 is 0 Å². The topological polar surface area (TPSA) is 50.7 Å². The molecule has 0 saturated heterocycles. The molecule has 2 heterocycles. The number of hydrogen-bond acceptors (Lipinski definition) is 4. The fraction of sp³-hybridized carbons (Fsp3) is 0.471. The van der Waals surface area contributed by atoms with Crippen LogP contribution < -0.4 is 5.32 Å². The summed E-state index contributed by atoms with van der Waals surface area (Å²) in [5.74, 6) is 2.16. The summed E-state index contributed by atoms with van der Waals surface area (Å²) >= 11 is 0. The van der Waals surface area contributed by atoms with Crippen LogP contribution in [0, 0.1) is 12.8 Å². The highest BCUT2D eigenvalue weighted by atomic mass is 15.0. The van der Waals surface area contributed by atoms with Gasteiger partial charge in [-0.1, -0.05) is 26.8 Å². The summed E-state index contributed by atoms with van der Waals surface area (Å²) in [6, 6.07) is 7.99. The quantitative estimate of drug-likeness (QED) is 0.875. The fourth-order valence-corrected chi connectivity index (χ4v) is 2.15. The van der Waals surface area contributed by atoms with Gasteiger partial charge in [0.2, 0.25) is 0 Å². The Balaban J connectivity index is 2.38. The largest absolute Gasteiger partial charge is 0.370 e. The van der Waals surface area contributed by atoms with E-state index in [2.05, 4.69) is 47.1 Å². The molecule has 0 spiro atoms. The van der Waals surface area contributed by atoms with Gasteiger partial charge < -0.3 is 5.32 Å². The number of nitrogens with zero attached hydrogens (tertiary/aromatic N) is 3. The zero-order valence-corrected chi connectivity index (χ0v) is 13.3. The molecule has 2 rings (SSSR count). The number of nitrogens with one attached hydrogen (secondary N) is 1. The maximum absolute atomic E-state index is 4.68. The molecule has 2 aromatic rings. The van der Waals surface area contributed by atoms with Crippen LogP contribution in [0.2, 0.25) is 0 Å². The van der Waals surface area contributed by atoms with Crippen molar-refractivity contribution in [3.05, 3.63) is 35.7 Å². The minimum atomic E-state index is 0.567. The lowest BCUT2D eigenvalue weighted by molar-refractivity contribution is 0.634. The SMILES string of the molecule is CCCNc1cc(CC(C)C)nc(-c2cccc(C)n2)n1. The van der Waals surface area contributed by atoms with E-state index in [0.717, 1.165) is 42.3 Å². The van der Waals surface area contributed by atoms with E-state index in [1.807, 2.05) is 25.1 Å². The Hall–Kier alpha value is -1.97. The van der Waals surface area contributed by atoms with Gasteiger partial charge in [0.05, 0.1) is 0 Å². The molecule has 0 amide bonds. The van der Waals surface area contributed by atoms with E-state index in [1.165, 1.54) is 0 Å². The molecule has 1 N–H and O–H groups in total. The van der Waals surface area contributed by atoms with Gasteiger partial charge in [-0.25, -0.2) is 15.0 Å². The number of aromatic nitrogens is 3. The number of rotatable bonds is 6. The highest BCUT2D eigenvalue weighted by Gasteiger charge is 2.09. The highest BCUT2D eigenvalue weighted by Crippen LogP contribution is 2.18. The van der Waals surface area contributed by atoms with E-state index in [1.54, 1.807) is 0 Å². The van der Waals surface area contributed by atoms with Crippen molar-refractivity contribution in [2.45, 2.75) is 40.5 Å². The Labute approximate surface area is 127 Å². The number of pyridine rings is 1. The lowest BCUT2D eigenvalue weighted by atomic mass is 10.1. The molecule has 0 aliphatic carbocycles. The van der Waals surface area contributed by atoms with Crippen LogP contribution in [0.1, 0.15) is 38.6 Å². The molecule has 0 radical (unpaired) electrons. The van der Waals surface area contributed by atoms with Crippen LogP contribution in [0.3, 0.4) is 0 Å². The summed E-state index contributed by atoms with van der Waals surface area (Å²) in [5.41, 5.74) is 2.88. The molecular weight excluding hydrogens is 260 g/mol. The van der Waals surface area contributed by atoms with Crippen molar-refractivity contribution in [1.82, 2.24) is 15.0 Å². The van der Waals surface area contributed by atoms with Crippen molar-refractivity contribution in [2.24, 2.45) is 5.92 Å². The zero-order valence-electron chi connectivity index (χ0n) is 13.3. The summed E-state index contributed by atoms with van der Waals surface area (Å²) in [5, 5.41) is 3.35. The van der Waals surface area contributed by atoms with Crippen molar-refractivity contribution >= 4 is 5.82 Å². The van der Waals surface area contributed by atoms with Crippen LogP contribution in [0.5, 0.6) is 0 Å². The molecule has 0 fully saturated rings. The summed E-state index contributed by atoms with van der Waals surface area (Å²) in [6.45, 7) is 9.44. The molecule has 0 atom stereocenters. The van der Waals surface area contributed by atoms with Gasteiger partial charge in [0.1, 0.15) is 11.5 Å². The Morgan fingerprint density at radius 1 is 1.14 bits per heavy atom. The fourth-order valence-electron chi connectivity index (χ4n) is 2.15. The summed E-state index contributed by atoms with van der Waals surface area (Å²) < 4.78 is 0. The molecule has 2 aromatic heterocycles. The molecule has 4 heteroatoms.